The monoisotopic (exact) mass is 296 g/mol. The first kappa shape index (κ1) is 15.5. The van der Waals surface area contributed by atoms with Crippen LogP contribution in [0.2, 0.25) is 0 Å². The van der Waals surface area contributed by atoms with Gasteiger partial charge in [-0.05, 0) is 36.8 Å². The summed E-state index contributed by atoms with van der Waals surface area (Å²) >= 11 is 0. The quantitative estimate of drug-likeness (QED) is 0.367. The van der Waals surface area contributed by atoms with Gasteiger partial charge in [0.2, 0.25) is 0 Å². The van der Waals surface area contributed by atoms with Crippen molar-refractivity contribution in [2.75, 3.05) is 7.11 Å². The third-order valence-corrected chi connectivity index (χ3v) is 3.02. The molecular weight excluding hydrogens is 280 g/mol. The largest absolute Gasteiger partial charge is 0.493 e. The summed E-state index contributed by atoms with van der Waals surface area (Å²) in [5.74, 6) is 0.0890. The van der Waals surface area contributed by atoms with Crippen LogP contribution in [0.1, 0.15) is 21.5 Å². The Balaban J connectivity index is 2.08. The maximum atomic E-state index is 11.8. The Morgan fingerprint density at radius 3 is 2.32 bits per heavy atom. The zero-order valence-corrected chi connectivity index (χ0v) is 12.4. The van der Waals surface area contributed by atoms with E-state index in [-0.39, 0.29) is 5.75 Å². The van der Waals surface area contributed by atoms with Crippen LogP contribution in [0.4, 0.5) is 0 Å². The fourth-order valence-corrected chi connectivity index (χ4v) is 1.83. The molecule has 0 saturated heterocycles. The molecule has 2 rings (SSSR count). The van der Waals surface area contributed by atoms with Crippen LogP contribution in [-0.4, -0.2) is 19.4 Å². The maximum Gasteiger partial charge on any atom is 0.336 e. The second-order valence-electron chi connectivity index (χ2n) is 4.69. The summed E-state index contributed by atoms with van der Waals surface area (Å²) in [5.41, 5.74) is 2.51. The lowest BCUT2D eigenvalue weighted by molar-refractivity contribution is -0.129. The van der Waals surface area contributed by atoms with E-state index in [0.29, 0.717) is 17.6 Å². The molecule has 0 heterocycles. The van der Waals surface area contributed by atoms with Crippen molar-refractivity contribution in [2.45, 2.75) is 6.92 Å². The van der Waals surface area contributed by atoms with Gasteiger partial charge in [0.05, 0.1) is 7.11 Å². The Morgan fingerprint density at radius 1 is 1.00 bits per heavy atom. The summed E-state index contributed by atoms with van der Waals surface area (Å²) in [7, 11) is 1.45. The van der Waals surface area contributed by atoms with E-state index in [1.54, 1.807) is 12.1 Å². The molecule has 0 bridgehead atoms. The number of hydrogen-bond donors (Lipinski definition) is 0. The van der Waals surface area contributed by atoms with E-state index in [9.17, 15) is 9.59 Å². The Kier molecular flexibility index (Phi) is 5.09. The molecule has 22 heavy (non-hydrogen) atoms. The molecule has 0 aliphatic carbocycles. The van der Waals surface area contributed by atoms with Gasteiger partial charge in [-0.2, -0.15) is 0 Å². The highest BCUT2D eigenvalue weighted by Crippen LogP contribution is 2.27. The lowest BCUT2D eigenvalue weighted by Gasteiger charge is -2.08. The fourth-order valence-electron chi connectivity index (χ4n) is 1.83. The average molecular weight is 296 g/mol. The minimum absolute atomic E-state index is 0.270. The van der Waals surface area contributed by atoms with Gasteiger partial charge < -0.3 is 9.47 Å². The number of methoxy groups -OCH3 is 1. The molecule has 0 aromatic heterocycles. The summed E-state index contributed by atoms with van der Waals surface area (Å²) in [6.07, 6.45) is 3.72. The van der Waals surface area contributed by atoms with Crippen molar-refractivity contribution >= 4 is 18.3 Å². The molecule has 2 aromatic carbocycles. The van der Waals surface area contributed by atoms with Crippen molar-refractivity contribution in [3.8, 4) is 11.5 Å². The highest BCUT2D eigenvalue weighted by molar-refractivity contribution is 5.89. The van der Waals surface area contributed by atoms with Crippen molar-refractivity contribution in [3.05, 3.63) is 65.2 Å². The van der Waals surface area contributed by atoms with Crippen LogP contribution < -0.4 is 9.47 Å². The molecule has 0 spiro atoms. The molecule has 0 amide bonds. The minimum Gasteiger partial charge on any atom is -0.493 e. The lowest BCUT2D eigenvalue weighted by Crippen LogP contribution is -2.05. The number of carbonyl (C=O) groups excluding carboxylic acids is 2. The standard InChI is InChI=1S/C18H16O4/c1-13-3-5-14(6-4-13)8-10-18(20)22-16-9-7-15(12-19)11-17(16)21-2/h3-12H,1-2H3/b10-8+. The predicted molar refractivity (Wildman–Crippen MR) is 84.2 cm³/mol. The number of carbonyl (C=O) groups is 2. The van der Waals surface area contributed by atoms with E-state index < -0.39 is 5.97 Å². The van der Waals surface area contributed by atoms with Gasteiger partial charge >= 0.3 is 5.97 Å². The van der Waals surface area contributed by atoms with Crippen LogP contribution in [0.15, 0.2) is 48.5 Å². The molecule has 0 fully saturated rings. The second kappa shape index (κ2) is 7.22. The molecule has 0 atom stereocenters. The second-order valence-corrected chi connectivity index (χ2v) is 4.69. The molecule has 0 radical (unpaired) electrons. The summed E-state index contributed by atoms with van der Waals surface area (Å²) in [6.45, 7) is 2.00. The van der Waals surface area contributed by atoms with E-state index >= 15 is 0 Å². The summed E-state index contributed by atoms with van der Waals surface area (Å²) < 4.78 is 10.3. The molecule has 0 saturated carbocycles. The van der Waals surface area contributed by atoms with Gasteiger partial charge in [0.1, 0.15) is 6.29 Å². The van der Waals surface area contributed by atoms with Crippen molar-refractivity contribution in [3.63, 3.8) is 0 Å². The SMILES string of the molecule is COc1cc(C=O)ccc1OC(=O)/C=C/c1ccc(C)cc1. The highest BCUT2D eigenvalue weighted by Gasteiger charge is 2.08. The topological polar surface area (TPSA) is 52.6 Å². The maximum absolute atomic E-state index is 11.8. The Hall–Kier alpha value is -2.88. The third kappa shape index (κ3) is 4.06. The molecule has 4 nitrogen and oxygen atoms in total. The molecule has 112 valence electrons. The summed E-state index contributed by atoms with van der Waals surface area (Å²) in [5, 5.41) is 0. The lowest BCUT2D eigenvalue weighted by atomic mass is 10.1. The average Bonchev–Trinajstić information content (AvgIpc) is 2.54. The van der Waals surface area contributed by atoms with Crippen molar-refractivity contribution in [1.29, 1.82) is 0 Å². The van der Waals surface area contributed by atoms with E-state index in [4.69, 9.17) is 9.47 Å². The zero-order valence-electron chi connectivity index (χ0n) is 12.4. The van der Waals surface area contributed by atoms with Gasteiger partial charge in [-0.15, -0.1) is 0 Å². The Bertz CT molecular complexity index is 700. The number of ether oxygens (including phenoxy) is 2. The van der Waals surface area contributed by atoms with Gasteiger partial charge in [0.25, 0.3) is 0 Å². The van der Waals surface area contributed by atoms with Crippen molar-refractivity contribution in [2.24, 2.45) is 0 Å². The van der Waals surface area contributed by atoms with Gasteiger partial charge in [-0.3, -0.25) is 4.79 Å². The van der Waals surface area contributed by atoms with Crippen LogP contribution in [0, 0.1) is 6.92 Å². The first-order valence-electron chi connectivity index (χ1n) is 6.72. The van der Waals surface area contributed by atoms with E-state index in [0.717, 1.165) is 11.1 Å². The molecule has 0 unspecified atom stereocenters. The molecule has 0 aliphatic heterocycles. The first-order valence-corrected chi connectivity index (χ1v) is 6.72. The number of esters is 1. The number of aryl methyl sites for hydroxylation is 1. The fraction of sp³-hybridized carbons (Fsp3) is 0.111. The van der Waals surface area contributed by atoms with Crippen molar-refractivity contribution in [1.82, 2.24) is 0 Å². The van der Waals surface area contributed by atoms with E-state index in [2.05, 4.69) is 0 Å². The first-order chi connectivity index (χ1) is 10.6. The van der Waals surface area contributed by atoms with Gasteiger partial charge in [-0.25, -0.2) is 4.79 Å². The van der Waals surface area contributed by atoms with Crippen LogP contribution in [-0.2, 0) is 4.79 Å². The van der Waals surface area contributed by atoms with Crippen LogP contribution >= 0.6 is 0 Å². The number of rotatable bonds is 5. The Labute approximate surface area is 129 Å². The molecule has 4 heteroatoms. The van der Waals surface area contributed by atoms with Gasteiger partial charge in [0, 0.05) is 11.6 Å². The minimum atomic E-state index is -0.516. The molecular formula is C18H16O4. The number of benzene rings is 2. The van der Waals surface area contributed by atoms with Crippen LogP contribution in [0.5, 0.6) is 11.5 Å². The van der Waals surface area contributed by atoms with E-state index in [1.807, 2.05) is 31.2 Å². The smallest absolute Gasteiger partial charge is 0.336 e. The number of hydrogen-bond acceptors (Lipinski definition) is 4. The van der Waals surface area contributed by atoms with Gasteiger partial charge in [0.15, 0.2) is 11.5 Å². The predicted octanol–water partition coefficient (Wildman–Crippen LogP) is 3.43. The summed E-state index contributed by atoms with van der Waals surface area (Å²) in [4.78, 5) is 22.6. The van der Waals surface area contributed by atoms with Gasteiger partial charge in [-0.1, -0.05) is 29.8 Å². The summed E-state index contributed by atoms with van der Waals surface area (Å²) in [6, 6.07) is 12.4. The molecule has 2 aromatic rings. The number of aldehydes is 1. The van der Waals surface area contributed by atoms with Crippen molar-refractivity contribution < 1.29 is 19.1 Å². The molecule has 0 N–H and O–H groups in total. The molecule has 0 aliphatic rings. The van der Waals surface area contributed by atoms with Crippen LogP contribution in [0.3, 0.4) is 0 Å². The van der Waals surface area contributed by atoms with E-state index in [1.165, 1.54) is 25.3 Å². The normalized spacial score (nSPS) is 10.5. The highest BCUT2D eigenvalue weighted by atomic mass is 16.6. The third-order valence-electron chi connectivity index (χ3n) is 3.02. The zero-order chi connectivity index (χ0) is 15.9. The van der Waals surface area contributed by atoms with Crippen LogP contribution in [0.25, 0.3) is 6.08 Å². The Morgan fingerprint density at radius 2 is 1.68 bits per heavy atom.